The van der Waals surface area contributed by atoms with E-state index in [1.165, 1.54) is 16.2 Å². The molecule has 120 valence electrons. The lowest BCUT2D eigenvalue weighted by Gasteiger charge is -2.02. The van der Waals surface area contributed by atoms with Crippen molar-refractivity contribution in [2.24, 2.45) is 0 Å². The third-order valence-electron chi connectivity index (χ3n) is 3.00. The molecule has 0 spiro atoms. The van der Waals surface area contributed by atoms with Crippen LogP contribution in [0.1, 0.15) is 23.2 Å². The molecule has 1 amide bonds. The summed E-state index contributed by atoms with van der Waals surface area (Å²) in [6.45, 7) is 4.07. The van der Waals surface area contributed by atoms with E-state index in [1.807, 2.05) is 6.92 Å². The second-order valence-corrected chi connectivity index (χ2v) is 8.14. The van der Waals surface area contributed by atoms with Gasteiger partial charge in [0.25, 0.3) is 0 Å². The third-order valence-corrected chi connectivity index (χ3v) is 5.95. The summed E-state index contributed by atoms with van der Waals surface area (Å²) in [6.07, 6.45) is 2.81. The van der Waals surface area contributed by atoms with Crippen molar-refractivity contribution in [3.8, 4) is 0 Å². The zero-order chi connectivity index (χ0) is 16.2. The van der Waals surface area contributed by atoms with Crippen LogP contribution in [0.3, 0.4) is 0 Å². The molecule has 0 aliphatic carbocycles. The van der Waals surface area contributed by atoms with E-state index in [9.17, 15) is 4.79 Å². The molecule has 0 aliphatic heterocycles. The number of hydrogen-bond acceptors (Lipinski definition) is 8. The Morgan fingerprint density at radius 1 is 1.30 bits per heavy atom. The van der Waals surface area contributed by atoms with Crippen molar-refractivity contribution in [1.29, 1.82) is 0 Å². The Kier molecular flexibility index (Phi) is 5.19. The van der Waals surface area contributed by atoms with E-state index in [2.05, 4.69) is 38.5 Å². The fraction of sp³-hybridized carbons (Fsp3) is 0.357. The Morgan fingerprint density at radius 3 is 2.96 bits per heavy atom. The smallest absolute Gasteiger partial charge is 0.227 e. The molecule has 1 N–H and O–H groups in total. The molecule has 0 atom stereocenters. The van der Waals surface area contributed by atoms with Gasteiger partial charge < -0.3 is 5.32 Å². The largest absolute Gasteiger partial charge is 0.301 e. The number of hydrogen-bond donors (Lipinski definition) is 1. The minimum atomic E-state index is -0.0527. The Morgan fingerprint density at radius 2 is 2.17 bits per heavy atom. The molecule has 3 aromatic heterocycles. The number of amides is 1. The van der Waals surface area contributed by atoms with Crippen LogP contribution in [0.25, 0.3) is 10.2 Å². The number of carbonyl (C=O) groups excluding carboxylic acids is 1. The Balaban J connectivity index is 1.55. The van der Waals surface area contributed by atoms with Crippen LogP contribution < -0.4 is 5.32 Å². The van der Waals surface area contributed by atoms with Gasteiger partial charge in [0.2, 0.25) is 11.0 Å². The molecule has 0 aliphatic rings. The van der Waals surface area contributed by atoms with Gasteiger partial charge in [-0.15, -0.1) is 33.3 Å². The van der Waals surface area contributed by atoms with Gasteiger partial charge in [-0.1, -0.05) is 18.3 Å². The molecule has 9 heteroatoms. The van der Waals surface area contributed by atoms with Gasteiger partial charge in [0.15, 0.2) is 0 Å². The SMILES string of the molecule is CCc1nnc(NC(=O)CCSc2ncnc3sc(C)cc23)s1. The average Bonchev–Trinajstić information content (AvgIpc) is 3.13. The van der Waals surface area contributed by atoms with Crippen molar-refractivity contribution < 1.29 is 4.79 Å². The van der Waals surface area contributed by atoms with E-state index in [4.69, 9.17) is 0 Å². The molecule has 0 unspecified atom stereocenters. The van der Waals surface area contributed by atoms with Crippen molar-refractivity contribution in [2.75, 3.05) is 11.1 Å². The zero-order valence-electron chi connectivity index (χ0n) is 12.7. The van der Waals surface area contributed by atoms with Crippen molar-refractivity contribution in [3.05, 3.63) is 22.3 Å². The van der Waals surface area contributed by atoms with Gasteiger partial charge >= 0.3 is 0 Å². The first kappa shape index (κ1) is 16.3. The fourth-order valence-corrected chi connectivity index (χ4v) is 4.46. The summed E-state index contributed by atoms with van der Waals surface area (Å²) in [5, 5.41) is 14.2. The number of rotatable bonds is 6. The van der Waals surface area contributed by atoms with Crippen LogP contribution in [0.4, 0.5) is 5.13 Å². The predicted molar refractivity (Wildman–Crippen MR) is 95.4 cm³/mol. The highest BCUT2D eigenvalue weighted by molar-refractivity contribution is 7.99. The molecule has 0 fully saturated rings. The number of carbonyl (C=O) groups is 1. The molecule has 3 rings (SSSR count). The van der Waals surface area contributed by atoms with E-state index in [0.717, 1.165) is 26.7 Å². The highest BCUT2D eigenvalue weighted by atomic mass is 32.2. The molecule has 0 aromatic carbocycles. The predicted octanol–water partition coefficient (Wildman–Crippen LogP) is 3.53. The minimum absolute atomic E-state index is 0.0527. The molecule has 0 radical (unpaired) electrons. The summed E-state index contributed by atoms with van der Waals surface area (Å²) in [7, 11) is 0. The van der Waals surface area contributed by atoms with Crippen LogP contribution in [-0.2, 0) is 11.2 Å². The van der Waals surface area contributed by atoms with Crippen LogP contribution in [0.5, 0.6) is 0 Å². The van der Waals surface area contributed by atoms with Crippen LogP contribution in [-0.4, -0.2) is 31.8 Å². The summed E-state index contributed by atoms with van der Waals surface area (Å²) in [5.74, 6) is 0.606. The summed E-state index contributed by atoms with van der Waals surface area (Å²) in [5.41, 5.74) is 0. The number of thioether (sulfide) groups is 1. The van der Waals surface area contributed by atoms with Gasteiger partial charge in [-0.2, -0.15) is 0 Å². The number of aromatic nitrogens is 4. The second-order valence-electron chi connectivity index (χ2n) is 4.76. The first-order valence-corrected chi connectivity index (χ1v) is 9.73. The van der Waals surface area contributed by atoms with Crippen molar-refractivity contribution in [3.63, 3.8) is 0 Å². The number of aryl methyl sites for hydroxylation is 2. The van der Waals surface area contributed by atoms with Crippen molar-refractivity contribution in [2.45, 2.75) is 31.7 Å². The summed E-state index contributed by atoms with van der Waals surface area (Å²) in [4.78, 5) is 22.7. The molecule has 0 bridgehead atoms. The van der Waals surface area contributed by atoms with Gasteiger partial charge in [0.1, 0.15) is 21.2 Å². The molecule has 3 heterocycles. The topological polar surface area (TPSA) is 80.7 Å². The standard InChI is InChI=1S/C14H15N5OS3/c1-3-11-18-19-14(23-11)17-10(20)4-5-21-12-9-6-8(2)22-13(9)16-7-15-12/h6-7H,3-5H2,1-2H3,(H,17,19,20). The number of thiophene rings is 1. The fourth-order valence-electron chi connectivity index (χ4n) is 1.94. The van der Waals surface area contributed by atoms with Gasteiger partial charge in [-0.3, -0.25) is 4.79 Å². The molecular formula is C14H15N5OS3. The summed E-state index contributed by atoms with van der Waals surface area (Å²) < 4.78 is 0. The second kappa shape index (κ2) is 7.33. The molecule has 0 saturated carbocycles. The molecular weight excluding hydrogens is 350 g/mol. The maximum Gasteiger partial charge on any atom is 0.227 e. The normalized spacial score (nSPS) is 11.0. The van der Waals surface area contributed by atoms with Gasteiger partial charge in [-0.25, -0.2) is 9.97 Å². The summed E-state index contributed by atoms with van der Waals surface area (Å²) in [6, 6.07) is 2.09. The van der Waals surface area contributed by atoms with Crippen molar-refractivity contribution in [1.82, 2.24) is 20.2 Å². The summed E-state index contributed by atoms with van der Waals surface area (Å²) >= 11 is 4.64. The lowest BCUT2D eigenvalue weighted by atomic mass is 10.4. The van der Waals surface area contributed by atoms with E-state index in [-0.39, 0.29) is 5.91 Å². The molecule has 6 nitrogen and oxygen atoms in total. The first-order chi connectivity index (χ1) is 11.2. The first-order valence-electron chi connectivity index (χ1n) is 7.12. The van der Waals surface area contributed by atoms with Gasteiger partial charge in [0.05, 0.1) is 0 Å². The molecule has 23 heavy (non-hydrogen) atoms. The quantitative estimate of drug-likeness (QED) is 0.532. The Labute approximate surface area is 145 Å². The van der Waals surface area contributed by atoms with Gasteiger partial charge in [0, 0.05) is 22.4 Å². The number of nitrogens with one attached hydrogen (secondary N) is 1. The molecule has 3 aromatic rings. The van der Waals surface area contributed by atoms with Crippen LogP contribution in [0, 0.1) is 6.92 Å². The van der Waals surface area contributed by atoms with Crippen LogP contribution >= 0.6 is 34.4 Å². The third kappa shape index (κ3) is 4.04. The lowest BCUT2D eigenvalue weighted by Crippen LogP contribution is -2.12. The highest BCUT2D eigenvalue weighted by Crippen LogP contribution is 2.30. The average molecular weight is 366 g/mol. The van der Waals surface area contributed by atoms with E-state index in [1.54, 1.807) is 29.4 Å². The Hall–Kier alpha value is -1.58. The van der Waals surface area contributed by atoms with Crippen molar-refractivity contribution >= 4 is 55.7 Å². The van der Waals surface area contributed by atoms with E-state index in [0.29, 0.717) is 17.3 Å². The number of fused-ring (bicyclic) bond motifs is 1. The maximum absolute atomic E-state index is 12.0. The van der Waals surface area contributed by atoms with Crippen LogP contribution in [0.15, 0.2) is 17.4 Å². The van der Waals surface area contributed by atoms with E-state index >= 15 is 0 Å². The lowest BCUT2D eigenvalue weighted by molar-refractivity contribution is -0.115. The zero-order valence-corrected chi connectivity index (χ0v) is 15.1. The van der Waals surface area contributed by atoms with Crippen LogP contribution in [0.2, 0.25) is 0 Å². The van der Waals surface area contributed by atoms with Gasteiger partial charge in [-0.05, 0) is 19.4 Å². The maximum atomic E-state index is 12.0. The highest BCUT2D eigenvalue weighted by Gasteiger charge is 2.10. The Bertz CT molecular complexity index is 829. The number of anilines is 1. The molecule has 0 saturated heterocycles. The monoisotopic (exact) mass is 365 g/mol. The van der Waals surface area contributed by atoms with E-state index < -0.39 is 0 Å². The minimum Gasteiger partial charge on any atom is -0.301 e. The number of nitrogens with zero attached hydrogens (tertiary/aromatic N) is 4.